The van der Waals surface area contributed by atoms with E-state index in [2.05, 4.69) is 23.6 Å². The van der Waals surface area contributed by atoms with Crippen molar-refractivity contribution < 1.29 is 8.42 Å². The summed E-state index contributed by atoms with van der Waals surface area (Å²) in [6, 6.07) is 4.72. The number of rotatable bonds is 3. The van der Waals surface area contributed by atoms with Gasteiger partial charge in [-0.1, -0.05) is 13.8 Å². The van der Waals surface area contributed by atoms with Crippen molar-refractivity contribution in [3.8, 4) is 6.07 Å². The molecule has 0 aliphatic heterocycles. The van der Waals surface area contributed by atoms with E-state index in [0.717, 1.165) is 19.3 Å². The fourth-order valence-electron chi connectivity index (χ4n) is 2.63. The molecule has 1 heterocycles. The first-order chi connectivity index (χ1) is 9.44. The lowest BCUT2D eigenvalue weighted by atomic mass is 9.79. The van der Waals surface area contributed by atoms with Gasteiger partial charge in [0.2, 0.25) is 10.0 Å². The average Bonchev–Trinajstić information content (AvgIpc) is 2.42. The zero-order valence-corrected chi connectivity index (χ0v) is 12.5. The van der Waals surface area contributed by atoms with Crippen LogP contribution >= 0.6 is 0 Å². The van der Waals surface area contributed by atoms with Crippen molar-refractivity contribution in [3.63, 3.8) is 0 Å². The first-order valence-corrected chi connectivity index (χ1v) is 8.30. The molecule has 3 atom stereocenters. The molecule has 1 aliphatic carbocycles. The van der Waals surface area contributed by atoms with Crippen molar-refractivity contribution in [3.05, 3.63) is 24.0 Å². The third-order valence-corrected chi connectivity index (χ3v) is 5.64. The zero-order valence-electron chi connectivity index (χ0n) is 11.7. The number of hydrogen-bond donors (Lipinski definition) is 1. The molecule has 0 aromatic carbocycles. The van der Waals surface area contributed by atoms with Crippen molar-refractivity contribution in [1.29, 1.82) is 5.26 Å². The summed E-state index contributed by atoms with van der Waals surface area (Å²) in [4.78, 5) is 3.77. The highest BCUT2D eigenvalue weighted by atomic mass is 32.2. The van der Waals surface area contributed by atoms with E-state index in [9.17, 15) is 8.42 Å². The van der Waals surface area contributed by atoms with Gasteiger partial charge in [-0.3, -0.25) is 0 Å². The smallest absolute Gasteiger partial charge is 0.243 e. The number of hydrogen-bond acceptors (Lipinski definition) is 4. The van der Waals surface area contributed by atoms with Gasteiger partial charge in [0.1, 0.15) is 11.0 Å². The number of aromatic nitrogens is 1. The SMILES string of the molecule is CC1CCC(NS(=O)(=O)c2cccnc2C#N)CC1C. The quantitative estimate of drug-likeness (QED) is 0.924. The Morgan fingerprint density at radius 2 is 2.10 bits per heavy atom. The second-order valence-corrected chi connectivity index (χ2v) is 7.23. The average molecular weight is 293 g/mol. The highest BCUT2D eigenvalue weighted by Crippen LogP contribution is 2.30. The lowest BCUT2D eigenvalue weighted by Gasteiger charge is -2.32. The van der Waals surface area contributed by atoms with Crippen molar-refractivity contribution in [2.45, 2.75) is 44.0 Å². The van der Waals surface area contributed by atoms with Crippen LogP contribution in [0, 0.1) is 23.2 Å². The molecular weight excluding hydrogens is 274 g/mol. The molecule has 1 aliphatic rings. The summed E-state index contributed by atoms with van der Waals surface area (Å²) in [5.74, 6) is 1.13. The van der Waals surface area contributed by atoms with E-state index in [1.165, 1.54) is 18.3 Å². The lowest BCUT2D eigenvalue weighted by Crippen LogP contribution is -2.40. The molecule has 5 nitrogen and oxygen atoms in total. The topological polar surface area (TPSA) is 82.8 Å². The molecule has 0 bridgehead atoms. The third-order valence-electron chi connectivity index (χ3n) is 4.09. The molecule has 0 saturated heterocycles. The van der Waals surface area contributed by atoms with Crippen molar-refractivity contribution in [2.24, 2.45) is 11.8 Å². The van der Waals surface area contributed by atoms with Crippen molar-refractivity contribution in [1.82, 2.24) is 9.71 Å². The minimum atomic E-state index is -3.68. The molecule has 1 saturated carbocycles. The Morgan fingerprint density at radius 1 is 1.35 bits per heavy atom. The Kier molecular flexibility index (Phi) is 4.41. The van der Waals surface area contributed by atoms with Gasteiger partial charge < -0.3 is 0 Å². The highest BCUT2D eigenvalue weighted by molar-refractivity contribution is 7.89. The first kappa shape index (κ1) is 14.9. The second-order valence-electron chi connectivity index (χ2n) is 5.55. The molecule has 0 spiro atoms. The van der Waals surface area contributed by atoms with Gasteiger partial charge in [-0.2, -0.15) is 5.26 Å². The number of nitrogens with one attached hydrogen (secondary N) is 1. The van der Waals surface area contributed by atoms with Gasteiger partial charge in [-0.25, -0.2) is 18.1 Å². The summed E-state index contributed by atoms with van der Waals surface area (Å²) < 4.78 is 27.5. The van der Waals surface area contributed by atoms with E-state index in [4.69, 9.17) is 5.26 Å². The molecule has 1 aromatic rings. The van der Waals surface area contributed by atoms with Crippen LogP contribution in [-0.2, 0) is 10.0 Å². The summed E-state index contributed by atoms with van der Waals surface area (Å²) in [6.07, 6.45) is 4.11. The van der Waals surface area contributed by atoms with Crippen LogP contribution in [0.4, 0.5) is 0 Å². The summed E-state index contributed by atoms with van der Waals surface area (Å²) >= 11 is 0. The normalized spacial score (nSPS) is 26.9. The monoisotopic (exact) mass is 293 g/mol. The van der Waals surface area contributed by atoms with Gasteiger partial charge in [0, 0.05) is 12.2 Å². The fourth-order valence-corrected chi connectivity index (χ4v) is 4.02. The predicted octanol–water partition coefficient (Wildman–Crippen LogP) is 2.06. The lowest BCUT2D eigenvalue weighted by molar-refractivity contribution is 0.242. The van der Waals surface area contributed by atoms with Crippen LogP contribution in [0.5, 0.6) is 0 Å². The van der Waals surface area contributed by atoms with Crippen LogP contribution in [0.3, 0.4) is 0 Å². The summed E-state index contributed by atoms with van der Waals surface area (Å²) in [5, 5.41) is 8.96. The van der Waals surface area contributed by atoms with Gasteiger partial charge in [0.25, 0.3) is 0 Å². The van der Waals surface area contributed by atoms with Crippen LogP contribution in [0.15, 0.2) is 23.2 Å². The van der Waals surface area contributed by atoms with Crippen LogP contribution in [0.2, 0.25) is 0 Å². The molecule has 1 N–H and O–H groups in total. The molecule has 1 aromatic heterocycles. The third kappa shape index (κ3) is 3.17. The van der Waals surface area contributed by atoms with E-state index in [0.29, 0.717) is 11.8 Å². The summed E-state index contributed by atoms with van der Waals surface area (Å²) in [7, 11) is -3.68. The number of nitriles is 1. The summed E-state index contributed by atoms with van der Waals surface area (Å²) in [6.45, 7) is 4.35. The zero-order chi connectivity index (χ0) is 14.8. The van der Waals surface area contributed by atoms with Crippen molar-refractivity contribution in [2.75, 3.05) is 0 Å². The molecule has 20 heavy (non-hydrogen) atoms. The van der Waals surface area contributed by atoms with Crippen LogP contribution in [0.1, 0.15) is 38.8 Å². The van der Waals surface area contributed by atoms with Gasteiger partial charge in [0.15, 0.2) is 5.69 Å². The van der Waals surface area contributed by atoms with E-state index in [-0.39, 0.29) is 16.6 Å². The molecule has 6 heteroatoms. The molecule has 108 valence electrons. The van der Waals surface area contributed by atoms with E-state index in [1.807, 2.05) is 6.07 Å². The molecular formula is C14H19N3O2S. The fraction of sp³-hybridized carbons (Fsp3) is 0.571. The number of pyridine rings is 1. The number of sulfonamides is 1. The molecule has 0 radical (unpaired) electrons. The maximum Gasteiger partial charge on any atom is 0.243 e. The molecule has 3 unspecified atom stereocenters. The first-order valence-electron chi connectivity index (χ1n) is 6.81. The Labute approximate surface area is 120 Å². The van der Waals surface area contributed by atoms with Gasteiger partial charge in [-0.05, 0) is 43.2 Å². The second kappa shape index (κ2) is 5.90. The molecule has 0 amide bonds. The minimum absolute atomic E-state index is 0.0335. The Hall–Kier alpha value is -1.45. The van der Waals surface area contributed by atoms with Gasteiger partial charge in [0.05, 0.1) is 0 Å². The van der Waals surface area contributed by atoms with E-state index >= 15 is 0 Å². The van der Waals surface area contributed by atoms with Gasteiger partial charge >= 0.3 is 0 Å². The Balaban J connectivity index is 2.18. The minimum Gasteiger partial charge on any atom is -0.244 e. The Morgan fingerprint density at radius 3 is 2.75 bits per heavy atom. The summed E-state index contributed by atoms with van der Waals surface area (Å²) in [5.41, 5.74) is -0.0581. The highest BCUT2D eigenvalue weighted by Gasteiger charge is 2.29. The van der Waals surface area contributed by atoms with Crippen LogP contribution in [0.25, 0.3) is 0 Å². The Bertz CT molecular complexity index is 622. The van der Waals surface area contributed by atoms with E-state index in [1.54, 1.807) is 0 Å². The molecule has 2 rings (SSSR count). The number of nitrogens with zero attached hydrogens (tertiary/aromatic N) is 2. The maximum absolute atomic E-state index is 12.4. The standard InChI is InChI=1S/C14H19N3O2S/c1-10-5-6-12(8-11(10)2)17-20(18,19)14-4-3-7-16-13(14)9-15/h3-4,7,10-12,17H,5-6,8H2,1-2H3. The largest absolute Gasteiger partial charge is 0.244 e. The maximum atomic E-state index is 12.4. The van der Waals surface area contributed by atoms with Crippen molar-refractivity contribution >= 4 is 10.0 Å². The van der Waals surface area contributed by atoms with E-state index < -0.39 is 10.0 Å². The van der Waals surface area contributed by atoms with Gasteiger partial charge in [-0.15, -0.1) is 0 Å². The predicted molar refractivity (Wildman–Crippen MR) is 75.2 cm³/mol. The van der Waals surface area contributed by atoms with Crippen LogP contribution in [-0.4, -0.2) is 19.4 Å². The molecule has 1 fully saturated rings. The van der Waals surface area contributed by atoms with Crippen LogP contribution < -0.4 is 4.72 Å².